The van der Waals surface area contributed by atoms with Crippen molar-refractivity contribution >= 4 is 5.69 Å². The molecule has 1 aromatic heterocycles. The minimum atomic E-state index is 0.556. The van der Waals surface area contributed by atoms with Crippen LogP contribution in [0, 0.1) is 12.8 Å². The van der Waals surface area contributed by atoms with Crippen LogP contribution in [0.5, 0.6) is 0 Å². The number of benzene rings is 1. The second-order valence-corrected chi connectivity index (χ2v) is 5.45. The fourth-order valence-corrected chi connectivity index (χ4v) is 2.76. The summed E-state index contributed by atoms with van der Waals surface area (Å²) in [6.45, 7) is 4.15. The third-order valence-electron chi connectivity index (χ3n) is 3.74. The predicted molar refractivity (Wildman–Crippen MR) is 74.9 cm³/mol. The maximum absolute atomic E-state index is 5.28. The van der Waals surface area contributed by atoms with Crippen molar-refractivity contribution in [3.05, 3.63) is 30.1 Å². The van der Waals surface area contributed by atoms with Crippen LogP contribution in [-0.2, 0) is 0 Å². The number of para-hydroxylation sites is 1. The molecule has 0 aliphatic heterocycles. The lowest BCUT2D eigenvalue weighted by Gasteiger charge is -2.15. The molecule has 1 aliphatic carbocycles. The van der Waals surface area contributed by atoms with Gasteiger partial charge in [0.15, 0.2) is 5.82 Å². The molecule has 3 rings (SSSR count). The maximum Gasteiger partial charge on any atom is 0.260 e. The Bertz CT molecular complexity index is 564. The molecule has 0 spiro atoms. The van der Waals surface area contributed by atoms with Crippen LogP contribution in [-0.4, -0.2) is 16.2 Å². The molecule has 19 heavy (non-hydrogen) atoms. The molecule has 4 heteroatoms. The van der Waals surface area contributed by atoms with E-state index in [-0.39, 0.29) is 0 Å². The van der Waals surface area contributed by atoms with Crippen molar-refractivity contribution in [1.82, 2.24) is 10.1 Å². The van der Waals surface area contributed by atoms with E-state index in [2.05, 4.69) is 28.4 Å². The number of aromatic nitrogens is 2. The van der Waals surface area contributed by atoms with Crippen molar-refractivity contribution in [3.8, 4) is 11.5 Å². The maximum atomic E-state index is 5.28. The summed E-state index contributed by atoms with van der Waals surface area (Å²) < 4.78 is 5.28. The Hall–Kier alpha value is -1.84. The van der Waals surface area contributed by atoms with E-state index in [1.807, 2.05) is 25.1 Å². The van der Waals surface area contributed by atoms with Crippen LogP contribution in [0.2, 0.25) is 0 Å². The Morgan fingerprint density at radius 1 is 1.26 bits per heavy atom. The fourth-order valence-electron chi connectivity index (χ4n) is 2.76. The van der Waals surface area contributed by atoms with Gasteiger partial charge in [-0.3, -0.25) is 0 Å². The summed E-state index contributed by atoms with van der Waals surface area (Å²) >= 11 is 0. The van der Waals surface area contributed by atoms with Gasteiger partial charge in [-0.2, -0.15) is 4.98 Å². The molecule has 0 bridgehead atoms. The third kappa shape index (κ3) is 2.62. The van der Waals surface area contributed by atoms with Crippen LogP contribution in [0.25, 0.3) is 11.5 Å². The molecule has 4 nitrogen and oxygen atoms in total. The van der Waals surface area contributed by atoms with E-state index < -0.39 is 0 Å². The van der Waals surface area contributed by atoms with Crippen LogP contribution in [0.1, 0.15) is 32.0 Å². The van der Waals surface area contributed by atoms with Crippen molar-refractivity contribution in [1.29, 1.82) is 0 Å². The quantitative estimate of drug-likeness (QED) is 0.912. The molecule has 0 amide bonds. The molecule has 2 unspecified atom stereocenters. The monoisotopic (exact) mass is 257 g/mol. The summed E-state index contributed by atoms with van der Waals surface area (Å²) in [5.74, 6) is 2.07. The van der Waals surface area contributed by atoms with Gasteiger partial charge in [0.05, 0.1) is 5.56 Å². The Morgan fingerprint density at radius 2 is 2.11 bits per heavy atom. The van der Waals surface area contributed by atoms with Crippen molar-refractivity contribution in [3.63, 3.8) is 0 Å². The molecule has 1 N–H and O–H groups in total. The van der Waals surface area contributed by atoms with Gasteiger partial charge in [0.2, 0.25) is 0 Å². The second-order valence-electron chi connectivity index (χ2n) is 5.45. The van der Waals surface area contributed by atoms with Crippen molar-refractivity contribution in [2.75, 3.05) is 5.32 Å². The van der Waals surface area contributed by atoms with Crippen LogP contribution in [0.4, 0.5) is 5.69 Å². The molecule has 2 atom stereocenters. The molecule has 1 heterocycles. The molecule has 1 aliphatic rings. The molecule has 1 saturated carbocycles. The van der Waals surface area contributed by atoms with Crippen molar-refractivity contribution < 1.29 is 4.52 Å². The van der Waals surface area contributed by atoms with E-state index in [1.54, 1.807) is 0 Å². The molecule has 0 saturated heterocycles. The van der Waals surface area contributed by atoms with Gasteiger partial charge in [-0.1, -0.05) is 24.2 Å². The zero-order valence-electron chi connectivity index (χ0n) is 11.4. The highest BCUT2D eigenvalue weighted by molar-refractivity contribution is 5.72. The van der Waals surface area contributed by atoms with Gasteiger partial charge < -0.3 is 9.84 Å². The van der Waals surface area contributed by atoms with Gasteiger partial charge in [0.1, 0.15) is 0 Å². The third-order valence-corrected chi connectivity index (χ3v) is 3.74. The molecule has 100 valence electrons. The van der Waals surface area contributed by atoms with Gasteiger partial charge in [-0.05, 0) is 44.2 Å². The summed E-state index contributed by atoms with van der Waals surface area (Å²) in [6, 6.07) is 8.69. The number of rotatable bonds is 3. The van der Waals surface area contributed by atoms with E-state index in [9.17, 15) is 0 Å². The summed E-state index contributed by atoms with van der Waals surface area (Å²) in [4.78, 5) is 4.31. The predicted octanol–water partition coefficient (Wildman–Crippen LogP) is 3.65. The highest BCUT2D eigenvalue weighted by atomic mass is 16.5. The zero-order valence-corrected chi connectivity index (χ0v) is 11.4. The number of hydrogen-bond donors (Lipinski definition) is 1. The van der Waals surface area contributed by atoms with Gasteiger partial charge in [0, 0.05) is 11.7 Å². The summed E-state index contributed by atoms with van der Waals surface area (Å²) in [5.41, 5.74) is 2.08. The average Bonchev–Trinajstić information content (AvgIpc) is 2.99. The molecular formula is C15H19N3O. The second kappa shape index (κ2) is 5.03. The van der Waals surface area contributed by atoms with E-state index in [4.69, 9.17) is 4.52 Å². The van der Waals surface area contributed by atoms with Crippen molar-refractivity contribution in [2.45, 2.75) is 39.2 Å². The van der Waals surface area contributed by atoms with E-state index in [0.717, 1.165) is 17.2 Å². The lowest BCUT2D eigenvalue weighted by Crippen LogP contribution is -2.15. The molecule has 1 fully saturated rings. The van der Waals surface area contributed by atoms with Crippen LogP contribution in [0.15, 0.2) is 28.8 Å². The number of anilines is 1. The first-order chi connectivity index (χ1) is 9.22. The van der Waals surface area contributed by atoms with E-state index >= 15 is 0 Å². The van der Waals surface area contributed by atoms with Gasteiger partial charge in [0.25, 0.3) is 5.89 Å². The fraction of sp³-hybridized carbons (Fsp3) is 0.467. The number of aryl methyl sites for hydroxylation is 1. The summed E-state index contributed by atoms with van der Waals surface area (Å²) in [6.07, 6.45) is 3.77. The Morgan fingerprint density at radius 3 is 2.79 bits per heavy atom. The largest absolute Gasteiger partial charge is 0.382 e. The summed E-state index contributed by atoms with van der Waals surface area (Å²) in [5, 5.41) is 7.48. The van der Waals surface area contributed by atoms with Crippen LogP contribution >= 0.6 is 0 Å². The number of nitrogens with one attached hydrogen (secondary N) is 1. The van der Waals surface area contributed by atoms with Gasteiger partial charge in [-0.25, -0.2) is 0 Å². The smallest absolute Gasteiger partial charge is 0.260 e. The number of hydrogen-bond acceptors (Lipinski definition) is 4. The number of nitrogens with zero attached hydrogens (tertiary/aromatic N) is 2. The highest BCUT2D eigenvalue weighted by Crippen LogP contribution is 2.31. The average molecular weight is 257 g/mol. The van der Waals surface area contributed by atoms with Crippen LogP contribution in [0.3, 0.4) is 0 Å². The standard InChI is InChI=1S/C15H19N3O/c1-10-7-8-12(9-10)17-14-6-4-3-5-13(14)15-16-11(2)18-19-15/h3-6,10,12,17H,7-9H2,1-2H3. The minimum absolute atomic E-state index is 0.556. The van der Waals surface area contributed by atoms with E-state index in [0.29, 0.717) is 17.8 Å². The zero-order chi connectivity index (χ0) is 13.2. The lowest BCUT2D eigenvalue weighted by atomic mass is 10.1. The SMILES string of the molecule is Cc1noc(-c2ccccc2NC2CCC(C)C2)n1. The Labute approximate surface area is 113 Å². The highest BCUT2D eigenvalue weighted by Gasteiger charge is 2.22. The van der Waals surface area contributed by atoms with Crippen molar-refractivity contribution in [2.24, 2.45) is 5.92 Å². The topological polar surface area (TPSA) is 51.0 Å². The first-order valence-electron chi connectivity index (χ1n) is 6.88. The molecule has 2 aromatic rings. The Balaban J connectivity index is 1.85. The summed E-state index contributed by atoms with van der Waals surface area (Å²) in [7, 11) is 0. The first kappa shape index (κ1) is 12.2. The van der Waals surface area contributed by atoms with Gasteiger partial charge >= 0.3 is 0 Å². The molecule has 1 aromatic carbocycles. The Kier molecular flexibility index (Phi) is 3.23. The first-order valence-corrected chi connectivity index (χ1v) is 6.88. The van der Waals surface area contributed by atoms with Crippen LogP contribution < -0.4 is 5.32 Å². The minimum Gasteiger partial charge on any atom is -0.382 e. The molecular weight excluding hydrogens is 238 g/mol. The normalized spacial score (nSPS) is 22.6. The van der Waals surface area contributed by atoms with Gasteiger partial charge in [-0.15, -0.1) is 0 Å². The lowest BCUT2D eigenvalue weighted by molar-refractivity contribution is 0.425. The molecule has 0 radical (unpaired) electrons. The van der Waals surface area contributed by atoms with E-state index in [1.165, 1.54) is 19.3 Å².